The highest BCUT2D eigenvalue weighted by Crippen LogP contribution is 2.60. The zero-order chi connectivity index (χ0) is 13.7. The van der Waals surface area contributed by atoms with Crippen LogP contribution >= 0.6 is 0 Å². The summed E-state index contributed by atoms with van der Waals surface area (Å²) in [6.07, 6.45) is 9.43. The van der Waals surface area contributed by atoms with E-state index >= 15 is 0 Å². The lowest BCUT2D eigenvalue weighted by Crippen LogP contribution is -2.47. The van der Waals surface area contributed by atoms with Gasteiger partial charge in [0.2, 0.25) is 5.89 Å². The van der Waals surface area contributed by atoms with E-state index in [0.717, 1.165) is 30.1 Å². The summed E-state index contributed by atoms with van der Waals surface area (Å²) in [6.45, 7) is 1.93. The van der Waals surface area contributed by atoms with Crippen LogP contribution in [0.25, 0.3) is 0 Å². The largest absolute Gasteiger partial charge is 0.385 e. The Morgan fingerprint density at radius 3 is 2.35 bits per heavy atom. The van der Waals surface area contributed by atoms with Crippen molar-refractivity contribution in [3.63, 3.8) is 0 Å². The molecule has 110 valence electrons. The maximum Gasteiger partial charge on any atom is 0.227 e. The Morgan fingerprint density at radius 1 is 1.20 bits per heavy atom. The van der Waals surface area contributed by atoms with E-state index in [9.17, 15) is 5.11 Å². The van der Waals surface area contributed by atoms with Crippen LogP contribution in [0.4, 0.5) is 0 Å². The Kier molecular flexibility index (Phi) is 2.92. The van der Waals surface area contributed by atoms with Gasteiger partial charge in [0.05, 0.1) is 0 Å². The predicted octanol–water partition coefficient (Wildman–Crippen LogP) is 3.27. The quantitative estimate of drug-likeness (QED) is 0.917. The van der Waals surface area contributed by atoms with E-state index in [4.69, 9.17) is 4.52 Å². The number of hydrogen-bond acceptors (Lipinski definition) is 4. The molecule has 4 fully saturated rings. The van der Waals surface area contributed by atoms with Crippen molar-refractivity contribution in [3.05, 3.63) is 11.7 Å². The van der Waals surface area contributed by atoms with Gasteiger partial charge >= 0.3 is 0 Å². The number of aliphatic hydroxyl groups excluding tert-OH is 1. The summed E-state index contributed by atoms with van der Waals surface area (Å²) < 4.78 is 5.41. The number of hydrogen-bond donors (Lipinski definition) is 1. The van der Waals surface area contributed by atoms with Crippen LogP contribution in [-0.2, 0) is 6.42 Å². The lowest BCUT2D eigenvalue weighted by atomic mass is 9.49. The van der Waals surface area contributed by atoms with E-state index in [1.807, 2.05) is 6.92 Å². The molecule has 0 amide bonds. The summed E-state index contributed by atoms with van der Waals surface area (Å²) >= 11 is 0. The summed E-state index contributed by atoms with van der Waals surface area (Å²) in [6, 6.07) is 0. The highest BCUT2D eigenvalue weighted by atomic mass is 16.5. The number of rotatable bonds is 4. The second kappa shape index (κ2) is 4.55. The van der Waals surface area contributed by atoms with Crippen LogP contribution in [0, 0.1) is 23.2 Å². The molecule has 4 aliphatic rings. The van der Waals surface area contributed by atoms with Crippen molar-refractivity contribution in [2.45, 2.75) is 64.4 Å². The van der Waals surface area contributed by atoms with Crippen LogP contribution < -0.4 is 0 Å². The Balaban J connectivity index is 1.52. The molecular formula is C16H24N2O2. The summed E-state index contributed by atoms with van der Waals surface area (Å²) in [4.78, 5) is 4.43. The van der Waals surface area contributed by atoms with Crippen LogP contribution in [0.5, 0.6) is 0 Å². The Hall–Kier alpha value is -0.900. The molecule has 0 aromatic carbocycles. The summed E-state index contributed by atoms with van der Waals surface area (Å²) in [5.74, 6) is 4.06. The third-order valence-corrected chi connectivity index (χ3v) is 5.86. The summed E-state index contributed by atoms with van der Waals surface area (Å²) in [5.41, 5.74) is 0.426. The molecule has 0 radical (unpaired) electrons. The molecular weight excluding hydrogens is 252 g/mol. The summed E-state index contributed by atoms with van der Waals surface area (Å²) in [5, 5.41) is 13.7. The Labute approximate surface area is 120 Å². The molecule has 0 spiro atoms. The number of nitrogens with zero attached hydrogens (tertiary/aromatic N) is 2. The van der Waals surface area contributed by atoms with Crippen molar-refractivity contribution >= 4 is 0 Å². The fourth-order valence-electron chi connectivity index (χ4n) is 5.49. The molecule has 4 aliphatic carbocycles. The van der Waals surface area contributed by atoms with Gasteiger partial charge in [0.25, 0.3) is 0 Å². The van der Waals surface area contributed by atoms with E-state index in [2.05, 4.69) is 10.1 Å². The average molecular weight is 276 g/mol. The Bertz CT molecular complexity index is 461. The molecule has 4 saturated carbocycles. The van der Waals surface area contributed by atoms with Crippen LogP contribution in [0.1, 0.15) is 69.7 Å². The first-order valence-electron chi connectivity index (χ1n) is 8.16. The lowest BCUT2D eigenvalue weighted by molar-refractivity contribution is -0.0556. The smallest absolute Gasteiger partial charge is 0.227 e. The van der Waals surface area contributed by atoms with E-state index in [-0.39, 0.29) is 0 Å². The molecule has 1 unspecified atom stereocenters. The first kappa shape index (κ1) is 12.8. The first-order valence-corrected chi connectivity index (χ1v) is 8.16. The van der Waals surface area contributed by atoms with Crippen molar-refractivity contribution in [3.8, 4) is 0 Å². The molecule has 0 saturated heterocycles. The van der Waals surface area contributed by atoms with Gasteiger partial charge in [-0.25, -0.2) is 0 Å². The maximum atomic E-state index is 9.79. The molecule has 20 heavy (non-hydrogen) atoms. The number of aromatic nitrogens is 2. The van der Waals surface area contributed by atoms with E-state index in [0.29, 0.717) is 17.7 Å². The van der Waals surface area contributed by atoms with Gasteiger partial charge in [0.1, 0.15) is 6.10 Å². The highest BCUT2D eigenvalue weighted by Gasteiger charge is 2.51. The fraction of sp³-hybridized carbons (Fsp3) is 0.875. The predicted molar refractivity (Wildman–Crippen MR) is 73.9 cm³/mol. The minimum absolute atomic E-state index is 0.426. The monoisotopic (exact) mass is 276 g/mol. The van der Waals surface area contributed by atoms with Gasteiger partial charge in [0, 0.05) is 6.42 Å². The molecule has 4 heteroatoms. The van der Waals surface area contributed by atoms with Crippen molar-refractivity contribution in [1.82, 2.24) is 10.1 Å². The van der Waals surface area contributed by atoms with Gasteiger partial charge in [0.15, 0.2) is 5.82 Å². The number of aliphatic hydroxyl groups is 1. The zero-order valence-electron chi connectivity index (χ0n) is 12.2. The molecule has 0 aliphatic heterocycles. The van der Waals surface area contributed by atoms with Gasteiger partial charge < -0.3 is 9.63 Å². The minimum Gasteiger partial charge on any atom is -0.385 e. The van der Waals surface area contributed by atoms with Crippen LogP contribution in [0.3, 0.4) is 0 Å². The van der Waals surface area contributed by atoms with E-state index in [1.54, 1.807) is 0 Å². The molecule has 4 nitrogen and oxygen atoms in total. The van der Waals surface area contributed by atoms with E-state index in [1.165, 1.54) is 38.5 Å². The zero-order valence-corrected chi connectivity index (χ0v) is 12.2. The fourth-order valence-corrected chi connectivity index (χ4v) is 5.49. The van der Waals surface area contributed by atoms with Crippen molar-refractivity contribution in [1.29, 1.82) is 0 Å². The van der Waals surface area contributed by atoms with Gasteiger partial charge in [-0.3, -0.25) is 0 Å². The average Bonchev–Trinajstić information content (AvgIpc) is 2.83. The molecule has 1 N–H and O–H groups in total. The van der Waals surface area contributed by atoms with Crippen molar-refractivity contribution in [2.75, 3.05) is 0 Å². The van der Waals surface area contributed by atoms with Gasteiger partial charge in [-0.1, -0.05) is 12.1 Å². The SMILES string of the molecule is CCC(O)c1noc(CC23CC4CC(CC(C4)C2)C3)n1. The van der Waals surface area contributed by atoms with Gasteiger partial charge in [-0.05, 0) is 68.1 Å². The molecule has 1 atom stereocenters. The molecule has 1 aromatic heterocycles. The highest BCUT2D eigenvalue weighted by molar-refractivity contribution is 5.05. The van der Waals surface area contributed by atoms with Crippen LogP contribution in [0.15, 0.2) is 4.52 Å². The molecule has 5 rings (SSSR count). The van der Waals surface area contributed by atoms with Crippen LogP contribution in [0.2, 0.25) is 0 Å². The third-order valence-electron chi connectivity index (χ3n) is 5.86. The van der Waals surface area contributed by atoms with Gasteiger partial charge in [-0.15, -0.1) is 0 Å². The topological polar surface area (TPSA) is 59.2 Å². The van der Waals surface area contributed by atoms with Crippen LogP contribution in [-0.4, -0.2) is 15.2 Å². The third kappa shape index (κ3) is 2.09. The van der Waals surface area contributed by atoms with Crippen molar-refractivity contribution in [2.24, 2.45) is 23.2 Å². The normalized spacial score (nSPS) is 40.2. The van der Waals surface area contributed by atoms with Crippen molar-refractivity contribution < 1.29 is 9.63 Å². The summed E-state index contributed by atoms with van der Waals surface area (Å²) in [7, 11) is 0. The molecule has 1 heterocycles. The maximum absolute atomic E-state index is 9.79. The minimum atomic E-state index is -0.580. The second-order valence-corrected chi connectivity index (χ2v) is 7.56. The first-order chi connectivity index (χ1) is 9.66. The lowest BCUT2D eigenvalue weighted by Gasteiger charge is -2.56. The second-order valence-electron chi connectivity index (χ2n) is 7.56. The van der Waals surface area contributed by atoms with E-state index < -0.39 is 6.10 Å². The standard InChI is InChI=1S/C16H24N2O2/c1-2-13(19)15-17-14(20-18-15)9-16-6-10-3-11(7-16)5-12(4-10)8-16/h10-13,19H,2-9H2,1H3. The molecule has 1 aromatic rings. The molecule has 4 bridgehead atoms. The van der Waals surface area contributed by atoms with Gasteiger partial charge in [-0.2, -0.15) is 4.98 Å². The Morgan fingerprint density at radius 2 is 1.80 bits per heavy atom.